The zero-order valence-corrected chi connectivity index (χ0v) is 21.6. The molecule has 0 saturated carbocycles. The van der Waals surface area contributed by atoms with Crippen LogP contribution in [-0.4, -0.2) is 13.1 Å². The summed E-state index contributed by atoms with van der Waals surface area (Å²) >= 11 is 0. The van der Waals surface area contributed by atoms with Gasteiger partial charge in [-0.1, -0.05) is 115 Å². The van der Waals surface area contributed by atoms with Crippen LogP contribution in [0.4, 0.5) is 5.69 Å². The highest BCUT2D eigenvalue weighted by atomic mass is 79.9. The van der Waals surface area contributed by atoms with Gasteiger partial charge in [0, 0.05) is 18.8 Å². The smallest absolute Gasteiger partial charge is 0.0398 e. The van der Waals surface area contributed by atoms with Crippen LogP contribution < -0.4 is 4.90 Å². The van der Waals surface area contributed by atoms with Gasteiger partial charge in [-0.15, -0.1) is 17.0 Å². The Hall–Kier alpha value is -0.500. The largest absolute Gasteiger partial charge is 0.372 e. The van der Waals surface area contributed by atoms with Crippen LogP contribution in [0.25, 0.3) is 0 Å². The Morgan fingerprint density at radius 2 is 0.966 bits per heavy atom. The molecule has 1 rings (SSSR count). The second-order valence-electron chi connectivity index (χ2n) is 8.50. The quantitative estimate of drug-likeness (QED) is 0.183. The normalized spacial score (nSPS) is 10.7. The lowest BCUT2D eigenvalue weighted by atomic mass is 10.0. The molecule has 1 aromatic carbocycles. The molecule has 0 amide bonds. The maximum atomic E-state index is 2.49. The molecule has 0 spiro atoms. The van der Waals surface area contributed by atoms with Crippen molar-refractivity contribution in [3.63, 3.8) is 0 Å². The predicted molar refractivity (Wildman–Crippen MR) is 139 cm³/mol. The van der Waals surface area contributed by atoms with Crippen LogP contribution in [0.2, 0.25) is 0 Å². The van der Waals surface area contributed by atoms with Crippen molar-refractivity contribution < 1.29 is 0 Å². The molecule has 0 atom stereocenters. The van der Waals surface area contributed by atoms with Gasteiger partial charge in [0.25, 0.3) is 0 Å². The summed E-state index contributed by atoms with van der Waals surface area (Å²) in [5, 5.41) is 0. The van der Waals surface area contributed by atoms with Crippen LogP contribution in [0, 0.1) is 0 Å². The van der Waals surface area contributed by atoms with Gasteiger partial charge < -0.3 is 4.90 Å². The summed E-state index contributed by atoms with van der Waals surface area (Å²) < 4.78 is 0. The number of rotatable bonds is 19. The molecule has 0 bridgehead atoms. The van der Waals surface area contributed by atoms with Gasteiger partial charge in [-0.25, -0.2) is 0 Å². The molecule has 170 valence electrons. The maximum absolute atomic E-state index is 2.49. The first kappa shape index (κ1) is 28.5. The van der Waals surface area contributed by atoms with Gasteiger partial charge in [-0.05, 0) is 38.3 Å². The topological polar surface area (TPSA) is 3.24 Å². The fourth-order valence-electron chi connectivity index (χ4n) is 4.28. The van der Waals surface area contributed by atoms with Crippen molar-refractivity contribution in [2.75, 3.05) is 18.0 Å². The second-order valence-corrected chi connectivity index (χ2v) is 8.50. The second kappa shape index (κ2) is 20.8. The number of aryl methyl sites for hydroxylation is 1. The summed E-state index contributed by atoms with van der Waals surface area (Å²) in [4.78, 5) is 2.49. The highest BCUT2D eigenvalue weighted by Crippen LogP contribution is 2.22. The van der Waals surface area contributed by atoms with E-state index in [9.17, 15) is 0 Å². The molecule has 0 aliphatic rings. The first-order valence-electron chi connectivity index (χ1n) is 12.7. The first-order chi connectivity index (χ1) is 13.8. The average molecular weight is 469 g/mol. The van der Waals surface area contributed by atoms with E-state index in [4.69, 9.17) is 0 Å². The molecule has 1 aromatic rings. The van der Waals surface area contributed by atoms with Crippen LogP contribution in [-0.2, 0) is 6.42 Å². The monoisotopic (exact) mass is 467 g/mol. The number of benzene rings is 1. The minimum Gasteiger partial charge on any atom is -0.372 e. The maximum Gasteiger partial charge on any atom is 0.0398 e. The number of nitrogens with zero attached hydrogens (tertiary/aromatic N) is 1. The van der Waals surface area contributed by atoms with E-state index in [0.717, 1.165) is 13.1 Å². The molecular weight excluding hydrogens is 418 g/mol. The molecule has 0 aliphatic heterocycles. The lowest BCUT2D eigenvalue weighted by Crippen LogP contribution is -2.23. The predicted octanol–water partition coefficient (Wildman–Crippen LogP) is 9.52. The molecule has 0 unspecified atom stereocenters. The van der Waals surface area contributed by atoms with Gasteiger partial charge in [0.05, 0.1) is 0 Å². The van der Waals surface area contributed by atoms with Crippen molar-refractivity contribution in [2.45, 2.75) is 124 Å². The van der Waals surface area contributed by atoms with E-state index in [1.165, 1.54) is 108 Å². The standard InChI is InChI=1S/C27H49N.BrH/c1-4-7-8-9-10-11-12-13-14-15-16-17-18-19-20-23-26-24-21-22-25-27(26)28(5-2)6-3;/h21-22,24-25H,4-20,23H2,1-3H3;1H. The van der Waals surface area contributed by atoms with Crippen LogP contribution in [0.5, 0.6) is 0 Å². The number of hydrogen-bond donors (Lipinski definition) is 0. The molecule has 2 heteroatoms. The third-order valence-corrected chi connectivity index (χ3v) is 6.15. The summed E-state index contributed by atoms with van der Waals surface area (Å²) in [5.41, 5.74) is 3.00. The number of halogens is 1. The lowest BCUT2D eigenvalue weighted by Gasteiger charge is -2.24. The van der Waals surface area contributed by atoms with Crippen molar-refractivity contribution in [3.05, 3.63) is 29.8 Å². The first-order valence-corrected chi connectivity index (χ1v) is 12.7. The number of hydrogen-bond acceptors (Lipinski definition) is 1. The van der Waals surface area contributed by atoms with Gasteiger partial charge in [-0.2, -0.15) is 0 Å². The number of para-hydroxylation sites is 1. The van der Waals surface area contributed by atoms with Crippen molar-refractivity contribution >= 4 is 22.7 Å². The minimum atomic E-state index is 0. The summed E-state index contributed by atoms with van der Waals surface area (Å²) in [6, 6.07) is 9.02. The Morgan fingerprint density at radius 3 is 1.41 bits per heavy atom. The van der Waals surface area contributed by atoms with E-state index >= 15 is 0 Å². The molecular formula is C27H50BrN. The average Bonchev–Trinajstić information content (AvgIpc) is 2.72. The van der Waals surface area contributed by atoms with Crippen molar-refractivity contribution in [3.8, 4) is 0 Å². The molecule has 29 heavy (non-hydrogen) atoms. The zero-order valence-electron chi connectivity index (χ0n) is 19.9. The van der Waals surface area contributed by atoms with Gasteiger partial charge in [0.1, 0.15) is 0 Å². The fourth-order valence-corrected chi connectivity index (χ4v) is 4.28. The summed E-state index contributed by atoms with van der Waals surface area (Å²) in [6.07, 6.45) is 22.8. The number of anilines is 1. The van der Waals surface area contributed by atoms with Crippen LogP contribution in [0.1, 0.15) is 123 Å². The summed E-state index contributed by atoms with van der Waals surface area (Å²) in [7, 11) is 0. The molecule has 0 aliphatic carbocycles. The summed E-state index contributed by atoms with van der Waals surface area (Å²) in [5.74, 6) is 0. The Labute approximate surface area is 193 Å². The van der Waals surface area contributed by atoms with Crippen molar-refractivity contribution in [1.82, 2.24) is 0 Å². The fraction of sp³-hybridized carbons (Fsp3) is 0.778. The van der Waals surface area contributed by atoms with E-state index < -0.39 is 0 Å². The van der Waals surface area contributed by atoms with Crippen molar-refractivity contribution in [2.24, 2.45) is 0 Å². The minimum absolute atomic E-state index is 0. The molecule has 0 radical (unpaired) electrons. The Kier molecular flexibility index (Phi) is 20.4. The molecule has 0 fully saturated rings. The number of unbranched alkanes of at least 4 members (excludes halogenated alkanes) is 14. The highest BCUT2D eigenvalue weighted by Gasteiger charge is 2.07. The van der Waals surface area contributed by atoms with E-state index in [1.54, 1.807) is 5.56 Å². The third-order valence-electron chi connectivity index (χ3n) is 6.15. The van der Waals surface area contributed by atoms with Crippen LogP contribution in [0.15, 0.2) is 24.3 Å². The van der Waals surface area contributed by atoms with E-state index in [2.05, 4.69) is 49.9 Å². The van der Waals surface area contributed by atoms with Gasteiger partial charge >= 0.3 is 0 Å². The van der Waals surface area contributed by atoms with Crippen LogP contribution >= 0.6 is 17.0 Å². The third kappa shape index (κ3) is 14.2. The van der Waals surface area contributed by atoms with Crippen LogP contribution in [0.3, 0.4) is 0 Å². The molecule has 0 aromatic heterocycles. The molecule has 0 saturated heterocycles. The van der Waals surface area contributed by atoms with Gasteiger partial charge in [-0.3, -0.25) is 0 Å². The van der Waals surface area contributed by atoms with E-state index in [0.29, 0.717) is 0 Å². The highest BCUT2D eigenvalue weighted by molar-refractivity contribution is 8.93. The van der Waals surface area contributed by atoms with E-state index in [1.807, 2.05) is 0 Å². The molecule has 0 heterocycles. The van der Waals surface area contributed by atoms with E-state index in [-0.39, 0.29) is 17.0 Å². The van der Waals surface area contributed by atoms with Crippen molar-refractivity contribution in [1.29, 1.82) is 0 Å². The lowest BCUT2D eigenvalue weighted by molar-refractivity contribution is 0.532. The molecule has 0 N–H and O–H groups in total. The molecule has 1 nitrogen and oxygen atoms in total. The SMILES string of the molecule is Br.CCCCCCCCCCCCCCCCCc1ccccc1N(CC)CC. The van der Waals surface area contributed by atoms with Gasteiger partial charge in [0.15, 0.2) is 0 Å². The Morgan fingerprint density at radius 1 is 0.552 bits per heavy atom. The zero-order chi connectivity index (χ0) is 20.3. The Bertz CT molecular complexity index is 456. The Balaban J connectivity index is 0.00000784. The summed E-state index contributed by atoms with van der Waals surface area (Å²) in [6.45, 7) is 9.02. The van der Waals surface area contributed by atoms with Gasteiger partial charge in [0.2, 0.25) is 0 Å².